The maximum absolute atomic E-state index is 12.0. The summed E-state index contributed by atoms with van der Waals surface area (Å²) in [5.41, 5.74) is -0.884. The summed E-state index contributed by atoms with van der Waals surface area (Å²) in [4.78, 5) is 12.0. The third kappa shape index (κ3) is 3.38. The summed E-state index contributed by atoms with van der Waals surface area (Å²) >= 11 is 1.76. The van der Waals surface area contributed by atoms with Crippen LogP contribution in [0.15, 0.2) is 0 Å². The largest absolute Gasteiger partial charge is 0.466 e. The Labute approximate surface area is 108 Å². The van der Waals surface area contributed by atoms with E-state index in [2.05, 4.69) is 0 Å². The Balaban J connectivity index is 2.83. The SMILES string of the molecule is CCCC(C(=O)OCC)C1(O)CCCSC1C. The molecule has 0 spiro atoms. The van der Waals surface area contributed by atoms with Gasteiger partial charge in [-0.2, -0.15) is 11.8 Å². The average molecular weight is 260 g/mol. The lowest BCUT2D eigenvalue weighted by Crippen LogP contribution is -2.51. The van der Waals surface area contributed by atoms with Gasteiger partial charge in [-0.15, -0.1) is 0 Å². The summed E-state index contributed by atoms with van der Waals surface area (Å²) in [7, 11) is 0. The Kier molecular flexibility index (Phi) is 5.80. The minimum Gasteiger partial charge on any atom is -0.466 e. The quantitative estimate of drug-likeness (QED) is 0.772. The molecule has 1 aliphatic rings. The molecule has 0 aromatic heterocycles. The summed E-state index contributed by atoms with van der Waals surface area (Å²) in [6, 6.07) is 0. The molecule has 17 heavy (non-hydrogen) atoms. The molecule has 1 saturated heterocycles. The zero-order chi connectivity index (χ0) is 12.9. The lowest BCUT2D eigenvalue weighted by atomic mass is 9.78. The summed E-state index contributed by atoms with van der Waals surface area (Å²) in [6.07, 6.45) is 3.29. The first-order chi connectivity index (χ1) is 8.06. The summed E-state index contributed by atoms with van der Waals surface area (Å²) < 4.78 is 5.12. The highest BCUT2D eigenvalue weighted by Crippen LogP contribution is 2.41. The third-order valence-corrected chi connectivity index (χ3v) is 4.98. The zero-order valence-electron chi connectivity index (χ0n) is 11.1. The van der Waals surface area contributed by atoms with Gasteiger partial charge in [-0.1, -0.05) is 20.3 Å². The zero-order valence-corrected chi connectivity index (χ0v) is 11.9. The van der Waals surface area contributed by atoms with Crippen LogP contribution in [-0.4, -0.2) is 34.3 Å². The number of carbonyl (C=O) groups is 1. The van der Waals surface area contributed by atoms with E-state index in [1.165, 1.54) is 0 Å². The number of ether oxygens (including phenoxy) is 1. The van der Waals surface area contributed by atoms with Crippen LogP contribution in [0.3, 0.4) is 0 Å². The van der Waals surface area contributed by atoms with Crippen molar-refractivity contribution in [2.45, 2.75) is 57.3 Å². The van der Waals surface area contributed by atoms with Gasteiger partial charge in [-0.3, -0.25) is 4.79 Å². The fourth-order valence-electron chi connectivity index (χ4n) is 2.52. The van der Waals surface area contributed by atoms with Crippen molar-refractivity contribution in [2.24, 2.45) is 5.92 Å². The first kappa shape index (κ1) is 14.8. The number of aliphatic hydroxyl groups is 1. The number of rotatable bonds is 5. The molecule has 1 heterocycles. The standard InChI is InChI=1S/C13H24O3S/c1-4-7-11(12(14)16-5-2)13(15)8-6-9-17-10(13)3/h10-11,15H,4-9H2,1-3H3. The van der Waals surface area contributed by atoms with E-state index < -0.39 is 5.60 Å². The lowest BCUT2D eigenvalue weighted by molar-refractivity contribution is -0.159. The average Bonchev–Trinajstić information content (AvgIpc) is 2.30. The van der Waals surface area contributed by atoms with Crippen LogP contribution in [-0.2, 0) is 9.53 Å². The third-order valence-electron chi connectivity index (χ3n) is 3.55. The normalized spacial score (nSPS) is 30.9. The molecule has 3 unspecified atom stereocenters. The van der Waals surface area contributed by atoms with Gasteiger partial charge in [0.2, 0.25) is 0 Å². The highest BCUT2D eigenvalue weighted by molar-refractivity contribution is 8.00. The maximum atomic E-state index is 12.0. The van der Waals surface area contributed by atoms with Crippen molar-refractivity contribution >= 4 is 17.7 Å². The number of thioether (sulfide) groups is 1. The van der Waals surface area contributed by atoms with E-state index in [0.717, 1.165) is 18.6 Å². The highest BCUT2D eigenvalue weighted by Gasteiger charge is 2.47. The Morgan fingerprint density at radius 3 is 2.82 bits per heavy atom. The van der Waals surface area contributed by atoms with Crippen molar-refractivity contribution in [3.8, 4) is 0 Å². The summed E-state index contributed by atoms with van der Waals surface area (Å²) in [5.74, 6) is 0.479. The molecule has 3 atom stereocenters. The van der Waals surface area contributed by atoms with E-state index in [1.54, 1.807) is 11.8 Å². The molecular formula is C13H24O3S. The molecule has 0 aliphatic carbocycles. The van der Waals surface area contributed by atoms with Crippen molar-refractivity contribution in [1.29, 1.82) is 0 Å². The predicted molar refractivity (Wildman–Crippen MR) is 71.1 cm³/mol. The topological polar surface area (TPSA) is 46.5 Å². The molecule has 0 radical (unpaired) electrons. The van der Waals surface area contributed by atoms with Gasteiger partial charge < -0.3 is 9.84 Å². The fraction of sp³-hybridized carbons (Fsp3) is 0.923. The van der Waals surface area contributed by atoms with Crippen molar-refractivity contribution < 1.29 is 14.6 Å². The van der Waals surface area contributed by atoms with Crippen LogP contribution in [0.25, 0.3) is 0 Å². The van der Waals surface area contributed by atoms with Gasteiger partial charge in [0.25, 0.3) is 0 Å². The molecule has 0 saturated carbocycles. The smallest absolute Gasteiger partial charge is 0.311 e. The number of carbonyl (C=O) groups excluding carboxylic acids is 1. The molecule has 1 fully saturated rings. The van der Waals surface area contributed by atoms with Crippen LogP contribution < -0.4 is 0 Å². The van der Waals surface area contributed by atoms with Crippen LogP contribution >= 0.6 is 11.8 Å². The molecule has 3 nitrogen and oxygen atoms in total. The Hall–Kier alpha value is -0.220. The molecule has 4 heteroatoms. The number of hydrogen-bond acceptors (Lipinski definition) is 4. The van der Waals surface area contributed by atoms with Gasteiger partial charge >= 0.3 is 5.97 Å². The first-order valence-electron chi connectivity index (χ1n) is 6.56. The minimum atomic E-state index is -0.884. The van der Waals surface area contributed by atoms with Gasteiger partial charge in [0.1, 0.15) is 0 Å². The van der Waals surface area contributed by atoms with Gasteiger partial charge in [-0.05, 0) is 31.9 Å². The lowest BCUT2D eigenvalue weighted by Gasteiger charge is -2.42. The Morgan fingerprint density at radius 1 is 1.59 bits per heavy atom. The molecule has 0 amide bonds. The molecule has 100 valence electrons. The molecule has 1 aliphatic heterocycles. The predicted octanol–water partition coefficient (Wildman–Crippen LogP) is 2.61. The monoisotopic (exact) mass is 260 g/mol. The first-order valence-corrected chi connectivity index (χ1v) is 7.61. The molecule has 0 aromatic carbocycles. The molecular weight excluding hydrogens is 236 g/mol. The van der Waals surface area contributed by atoms with Gasteiger partial charge in [0, 0.05) is 5.25 Å². The van der Waals surface area contributed by atoms with Gasteiger partial charge in [0.15, 0.2) is 0 Å². The maximum Gasteiger partial charge on any atom is 0.311 e. The molecule has 1 N–H and O–H groups in total. The van der Waals surface area contributed by atoms with E-state index in [4.69, 9.17) is 4.74 Å². The fourth-order valence-corrected chi connectivity index (χ4v) is 3.76. The second-order valence-corrected chi connectivity index (χ2v) is 6.15. The summed E-state index contributed by atoms with van der Waals surface area (Å²) in [5, 5.41) is 10.9. The van der Waals surface area contributed by atoms with Crippen molar-refractivity contribution in [2.75, 3.05) is 12.4 Å². The number of hydrogen-bond donors (Lipinski definition) is 1. The van der Waals surface area contributed by atoms with Crippen LogP contribution in [0.2, 0.25) is 0 Å². The van der Waals surface area contributed by atoms with Crippen molar-refractivity contribution in [1.82, 2.24) is 0 Å². The van der Waals surface area contributed by atoms with Crippen LogP contribution in [0.4, 0.5) is 0 Å². The second kappa shape index (κ2) is 6.64. The van der Waals surface area contributed by atoms with Crippen LogP contribution in [0, 0.1) is 5.92 Å². The van der Waals surface area contributed by atoms with Crippen LogP contribution in [0.5, 0.6) is 0 Å². The van der Waals surface area contributed by atoms with E-state index in [0.29, 0.717) is 19.4 Å². The van der Waals surface area contributed by atoms with Gasteiger partial charge in [0.05, 0.1) is 18.1 Å². The van der Waals surface area contributed by atoms with E-state index in [-0.39, 0.29) is 17.1 Å². The Morgan fingerprint density at radius 2 is 2.29 bits per heavy atom. The minimum absolute atomic E-state index is 0.109. The molecule has 0 bridgehead atoms. The van der Waals surface area contributed by atoms with E-state index in [1.807, 2.05) is 20.8 Å². The highest BCUT2D eigenvalue weighted by atomic mass is 32.2. The second-order valence-electron chi connectivity index (χ2n) is 4.70. The van der Waals surface area contributed by atoms with E-state index in [9.17, 15) is 9.90 Å². The number of esters is 1. The van der Waals surface area contributed by atoms with Gasteiger partial charge in [-0.25, -0.2) is 0 Å². The molecule has 1 rings (SSSR count). The summed E-state index contributed by atoms with van der Waals surface area (Å²) in [6.45, 7) is 6.25. The van der Waals surface area contributed by atoms with Crippen LogP contribution in [0.1, 0.15) is 46.5 Å². The molecule has 0 aromatic rings. The van der Waals surface area contributed by atoms with Crippen molar-refractivity contribution in [3.63, 3.8) is 0 Å². The Bertz CT molecular complexity index is 257. The van der Waals surface area contributed by atoms with E-state index >= 15 is 0 Å². The van der Waals surface area contributed by atoms with Crippen molar-refractivity contribution in [3.05, 3.63) is 0 Å².